The molecular weight excluding hydrogens is 505 g/mol. The monoisotopic (exact) mass is 523 g/mol. The topological polar surface area (TPSA) is 115 Å². The lowest BCUT2D eigenvalue weighted by molar-refractivity contribution is 0.628. The second-order valence-electron chi connectivity index (χ2n) is 7.58. The van der Waals surface area contributed by atoms with Crippen molar-refractivity contribution in [3.05, 3.63) is 87.0 Å². The van der Waals surface area contributed by atoms with Crippen LogP contribution in [-0.4, -0.2) is 29.3 Å². The molecule has 182 valence electrons. The molecular formula is C23H19ClFN9OS. The predicted octanol–water partition coefficient (Wildman–Crippen LogP) is 5.15. The van der Waals surface area contributed by atoms with Crippen molar-refractivity contribution in [2.45, 2.75) is 6.92 Å². The van der Waals surface area contributed by atoms with E-state index in [2.05, 4.69) is 35.9 Å². The van der Waals surface area contributed by atoms with Crippen molar-refractivity contribution in [3.8, 4) is 5.69 Å². The van der Waals surface area contributed by atoms with Crippen LogP contribution in [0.2, 0.25) is 5.02 Å². The molecule has 0 saturated heterocycles. The molecule has 0 atom stereocenters. The third-order valence-corrected chi connectivity index (χ3v) is 6.23. The van der Waals surface area contributed by atoms with Crippen molar-refractivity contribution in [2.24, 2.45) is 7.05 Å². The highest BCUT2D eigenvalue weighted by atomic mass is 35.5. The zero-order valence-electron chi connectivity index (χ0n) is 19.0. The number of para-hydroxylation sites is 1. The fourth-order valence-electron chi connectivity index (χ4n) is 3.45. The summed E-state index contributed by atoms with van der Waals surface area (Å²) < 4.78 is 16.9. The van der Waals surface area contributed by atoms with Crippen LogP contribution in [0.25, 0.3) is 5.69 Å². The fraction of sp³-hybridized carbons (Fsp3) is 0.0870. The van der Waals surface area contributed by atoms with Crippen LogP contribution < -0.4 is 21.5 Å². The van der Waals surface area contributed by atoms with Gasteiger partial charge < -0.3 is 10.6 Å². The standard InChI is InChI=1S/C23H19ClFN9OS/c1-13-18(19(35)34(33(13)2)15-6-4-3-5-7-15)28-21-29-20(27-14-8-9-17(25)16(24)12-14)30-22(31-21)32-23-26-10-11-36-23/h3-12H,1-2H3,(H3,26,27,28,29,30,31,32). The Morgan fingerprint density at radius 2 is 1.67 bits per heavy atom. The summed E-state index contributed by atoms with van der Waals surface area (Å²) in [6.07, 6.45) is 1.65. The second-order valence-corrected chi connectivity index (χ2v) is 8.89. The number of aromatic nitrogens is 6. The highest BCUT2D eigenvalue weighted by Gasteiger charge is 2.18. The van der Waals surface area contributed by atoms with E-state index < -0.39 is 5.82 Å². The molecule has 5 aromatic rings. The van der Waals surface area contributed by atoms with E-state index in [0.29, 0.717) is 22.2 Å². The van der Waals surface area contributed by atoms with E-state index in [0.717, 1.165) is 5.69 Å². The highest BCUT2D eigenvalue weighted by Crippen LogP contribution is 2.25. The van der Waals surface area contributed by atoms with Gasteiger partial charge in [-0.15, -0.1) is 11.3 Å². The fourth-order valence-corrected chi connectivity index (χ4v) is 4.15. The summed E-state index contributed by atoms with van der Waals surface area (Å²) in [6.45, 7) is 1.82. The molecule has 3 N–H and O–H groups in total. The smallest absolute Gasteiger partial charge is 0.295 e. The van der Waals surface area contributed by atoms with Gasteiger partial charge in [0.05, 0.1) is 16.4 Å². The van der Waals surface area contributed by atoms with E-state index >= 15 is 0 Å². The molecule has 2 aromatic carbocycles. The summed E-state index contributed by atoms with van der Waals surface area (Å²) in [6, 6.07) is 13.5. The maximum atomic E-state index is 13.6. The number of benzene rings is 2. The number of hydrogen-bond donors (Lipinski definition) is 3. The Balaban J connectivity index is 1.53. The summed E-state index contributed by atoms with van der Waals surface area (Å²) in [5, 5.41) is 11.4. The first-order valence-electron chi connectivity index (χ1n) is 10.6. The van der Waals surface area contributed by atoms with Gasteiger partial charge in [-0.1, -0.05) is 29.8 Å². The van der Waals surface area contributed by atoms with Gasteiger partial charge in [-0.05, 0) is 37.3 Å². The number of nitrogens with one attached hydrogen (secondary N) is 3. The van der Waals surface area contributed by atoms with Gasteiger partial charge in [0.2, 0.25) is 17.8 Å². The lowest BCUT2D eigenvalue weighted by atomic mass is 10.3. The van der Waals surface area contributed by atoms with Gasteiger partial charge in [0.15, 0.2) is 5.13 Å². The molecule has 0 aliphatic heterocycles. The summed E-state index contributed by atoms with van der Waals surface area (Å²) in [5.41, 5.74) is 1.91. The van der Waals surface area contributed by atoms with Gasteiger partial charge in [-0.3, -0.25) is 14.8 Å². The van der Waals surface area contributed by atoms with Crippen molar-refractivity contribution >= 4 is 57.3 Å². The van der Waals surface area contributed by atoms with E-state index in [1.165, 1.54) is 29.5 Å². The second kappa shape index (κ2) is 9.76. The molecule has 10 nitrogen and oxygen atoms in total. The molecule has 0 unspecified atom stereocenters. The number of halogens is 2. The Kier molecular flexibility index (Phi) is 6.36. The van der Waals surface area contributed by atoms with Gasteiger partial charge in [0, 0.05) is 24.3 Å². The first kappa shape index (κ1) is 23.5. The normalized spacial score (nSPS) is 10.9. The molecule has 0 amide bonds. The molecule has 36 heavy (non-hydrogen) atoms. The maximum Gasteiger partial charge on any atom is 0.295 e. The van der Waals surface area contributed by atoms with Crippen LogP contribution in [0.5, 0.6) is 0 Å². The first-order chi connectivity index (χ1) is 17.4. The zero-order chi connectivity index (χ0) is 25.2. The molecule has 0 fully saturated rings. The zero-order valence-corrected chi connectivity index (χ0v) is 20.6. The van der Waals surface area contributed by atoms with Crippen LogP contribution in [0.3, 0.4) is 0 Å². The van der Waals surface area contributed by atoms with Gasteiger partial charge in [-0.25, -0.2) is 14.1 Å². The van der Waals surface area contributed by atoms with E-state index in [-0.39, 0.29) is 28.4 Å². The van der Waals surface area contributed by atoms with Gasteiger partial charge in [-0.2, -0.15) is 15.0 Å². The minimum atomic E-state index is -0.541. The SMILES string of the molecule is Cc1c(Nc2nc(Nc3ccc(F)c(Cl)c3)nc(Nc3nccs3)n2)c(=O)n(-c2ccccc2)n1C. The molecule has 0 radical (unpaired) electrons. The van der Waals surface area contributed by atoms with Gasteiger partial charge in [0.1, 0.15) is 11.5 Å². The molecule has 3 heterocycles. The number of rotatable bonds is 7. The third-order valence-electron chi connectivity index (χ3n) is 5.25. The summed E-state index contributed by atoms with van der Waals surface area (Å²) in [4.78, 5) is 30.7. The van der Waals surface area contributed by atoms with Crippen molar-refractivity contribution in [1.82, 2.24) is 29.3 Å². The molecule has 13 heteroatoms. The van der Waals surface area contributed by atoms with Crippen LogP contribution in [0.4, 0.5) is 38.7 Å². The average molecular weight is 524 g/mol. The summed E-state index contributed by atoms with van der Waals surface area (Å²) >= 11 is 7.28. The van der Waals surface area contributed by atoms with Crippen LogP contribution in [-0.2, 0) is 7.05 Å². The molecule has 5 rings (SSSR count). The number of nitrogens with zero attached hydrogens (tertiary/aromatic N) is 6. The predicted molar refractivity (Wildman–Crippen MR) is 139 cm³/mol. The minimum absolute atomic E-state index is 0.0464. The largest absolute Gasteiger partial charge is 0.324 e. The molecule has 0 saturated carbocycles. The molecule has 3 aromatic heterocycles. The lowest BCUT2D eigenvalue weighted by Gasteiger charge is -2.10. The number of anilines is 6. The van der Waals surface area contributed by atoms with Crippen LogP contribution >= 0.6 is 22.9 Å². The Labute approximate surface area is 213 Å². The van der Waals surface area contributed by atoms with Crippen molar-refractivity contribution in [3.63, 3.8) is 0 Å². The van der Waals surface area contributed by atoms with E-state index in [9.17, 15) is 9.18 Å². The maximum absolute atomic E-state index is 13.6. The van der Waals surface area contributed by atoms with Crippen LogP contribution in [0.15, 0.2) is 64.9 Å². The summed E-state index contributed by atoms with van der Waals surface area (Å²) in [5.74, 6) is -0.0901. The Bertz CT molecular complexity index is 1590. The molecule has 0 bridgehead atoms. The lowest BCUT2D eigenvalue weighted by Crippen LogP contribution is -2.20. The van der Waals surface area contributed by atoms with Crippen LogP contribution in [0, 0.1) is 12.7 Å². The van der Waals surface area contributed by atoms with Crippen molar-refractivity contribution in [1.29, 1.82) is 0 Å². The first-order valence-corrected chi connectivity index (χ1v) is 11.9. The van der Waals surface area contributed by atoms with Crippen LogP contribution in [0.1, 0.15) is 5.69 Å². The van der Waals surface area contributed by atoms with Crippen molar-refractivity contribution < 1.29 is 4.39 Å². The molecule has 0 spiro atoms. The minimum Gasteiger partial charge on any atom is -0.324 e. The van der Waals surface area contributed by atoms with E-state index in [4.69, 9.17) is 11.6 Å². The molecule has 0 aliphatic rings. The van der Waals surface area contributed by atoms with E-state index in [1.54, 1.807) is 22.6 Å². The van der Waals surface area contributed by atoms with Crippen molar-refractivity contribution in [2.75, 3.05) is 16.0 Å². The Hall–Kier alpha value is -4.29. The quantitative estimate of drug-likeness (QED) is 0.268. The number of hydrogen-bond acceptors (Lipinski definition) is 9. The van der Waals surface area contributed by atoms with Gasteiger partial charge >= 0.3 is 0 Å². The summed E-state index contributed by atoms with van der Waals surface area (Å²) in [7, 11) is 1.79. The highest BCUT2D eigenvalue weighted by molar-refractivity contribution is 7.13. The molecule has 0 aliphatic carbocycles. The Morgan fingerprint density at radius 1 is 0.972 bits per heavy atom. The van der Waals surface area contributed by atoms with E-state index in [1.807, 2.05) is 42.6 Å². The Morgan fingerprint density at radius 3 is 2.33 bits per heavy atom. The average Bonchev–Trinajstić information content (AvgIpc) is 3.44. The number of thiazole rings is 1. The third kappa shape index (κ3) is 4.76. The van der Waals surface area contributed by atoms with Gasteiger partial charge in [0.25, 0.3) is 5.56 Å².